The van der Waals surface area contributed by atoms with Crippen LogP contribution in [-0.2, 0) is 0 Å². The first-order chi connectivity index (χ1) is 6.06. The summed E-state index contributed by atoms with van der Waals surface area (Å²) < 4.78 is 0.767. The van der Waals surface area contributed by atoms with E-state index in [2.05, 4.69) is 0 Å². The van der Waals surface area contributed by atoms with E-state index in [-0.39, 0.29) is 5.56 Å². The van der Waals surface area contributed by atoms with E-state index in [1.807, 2.05) is 34.9 Å². The van der Waals surface area contributed by atoms with Crippen molar-refractivity contribution in [3.63, 3.8) is 0 Å². The molecule has 0 bridgehead atoms. The molecule has 70 valence electrons. The number of carbonyl (C=O) groups is 1. The Bertz CT molecular complexity index is 354. The van der Waals surface area contributed by atoms with Gasteiger partial charge < -0.3 is 5.11 Å². The highest BCUT2D eigenvalue weighted by molar-refractivity contribution is 14.1. The highest BCUT2D eigenvalue weighted by atomic mass is 127. The van der Waals surface area contributed by atoms with Crippen molar-refractivity contribution < 1.29 is 9.90 Å². The van der Waals surface area contributed by atoms with Crippen LogP contribution in [0.4, 0.5) is 0 Å². The molecule has 0 spiro atoms. The number of thioether (sulfide) groups is 1. The molecule has 1 rings (SSSR count). The molecule has 0 heterocycles. The fourth-order valence-electron chi connectivity index (χ4n) is 0.838. The van der Waals surface area contributed by atoms with Gasteiger partial charge in [0, 0.05) is 8.47 Å². The topological polar surface area (TPSA) is 37.3 Å². The van der Waals surface area contributed by atoms with Crippen LogP contribution < -0.4 is 0 Å². The van der Waals surface area contributed by atoms with E-state index in [1.165, 1.54) is 11.8 Å². The summed E-state index contributed by atoms with van der Waals surface area (Å²) in [5, 5.41) is 9.12. The Morgan fingerprint density at radius 1 is 1.62 bits per heavy atom. The molecule has 0 amide bonds. The Balaban J connectivity index is 3.33. The second-order valence-corrected chi connectivity index (χ2v) is 4.70. The molecule has 13 heavy (non-hydrogen) atoms. The molecule has 1 aromatic rings. The summed E-state index contributed by atoms with van der Waals surface area (Å²) in [6.07, 6.45) is 1.89. The summed E-state index contributed by atoms with van der Waals surface area (Å²) in [5.74, 6) is -0.987. The first-order valence-corrected chi connectivity index (χ1v) is 6.00. The van der Waals surface area contributed by atoms with Crippen molar-refractivity contribution in [2.24, 2.45) is 0 Å². The van der Waals surface area contributed by atoms with Gasteiger partial charge in [-0.3, -0.25) is 0 Å². The molecule has 2 nitrogen and oxygen atoms in total. The zero-order valence-electron chi connectivity index (χ0n) is 6.67. The van der Waals surface area contributed by atoms with Gasteiger partial charge in [-0.15, -0.1) is 11.8 Å². The highest BCUT2D eigenvalue weighted by Gasteiger charge is 2.12. The fourth-order valence-corrected chi connectivity index (χ4v) is 2.34. The van der Waals surface area contributed by atoms with Crippen LogP contribution in [0.1, 0.15) is 10.4 Å². The largest absolute Gasteiger partial charge is 0.478 e. The minimum absolute atomic E-state index is 0.165. The molecule has 0 atom stereocenters. The number of aromatic carboxylic acids is 1. The summed E-state index contributed by atoms with van der Waals surface area (Å²) in [6.45, 7) is 0. The van der Waals surface area contributed by atoms with Crippen LogP contribution in [0.2, 0.25) is 5.02 Å². The van der Waals surface area contributed by atoms with Crippen LogP contribution in [0.3, 0.4) is 0 Å². The molecule has 0 radical (unpaired) electrons. The zero-order valence-corrected chi connectivity index (χ0v) is 10.4. The summed E-state index contributed by atoms with van der Waals surface area (Å²) >= 11 is 9.34. The summed E-state index contributed by atoms with van der Waals surface area (Å²) in [5.41, 5.74) is 0.165. The van der Waals surface area contributed by atoms with Crippen molar-refractivity contribution in [1.29, 1.82) is 0 Å². The van der Waals surface area contributed by atoms with Crippen molar-refractivity contribution in [1.82, 2.24) is 0 Å². The predicted molar refractivity (Wildman–Crippen MR) is 62.9 cm³/mol. The smallest absolute Gasteiger partial charge is 0.337 e. The van der Waals surface area contributed by atoms with Gasteiger partial charge in [0.2, 0.25) is 0 Å². The summed E-state index contributed by atoms with van der Waals surface area (Å²) in [4.78, 5) is 11.7. The second kappa shape index (κ2) is 4.52. The minimum Gasteiger partial charge on any atom is -0.478 e. The van der Waals surface area contributed by atoms with Gasteiger partial charge in [-0.25, -0.2) is 4.79 Å². The Morgan fingerprint density at radius 3 is 2.69 bits per heavy atom. The molecule has 1 aromatic carbocycles. The standard InChI is InChI=1S/C8H6ClIO2S/c1-13-4-2-5(8(11)12)7(9)6(10)3-4/h2-3H,1H3,(H,11,12). The maximum absolute atomic E-state index is 10.7. The zero-order chi connectivity index (χ0) is 10.0. The van der Waals surface area contributed by atoms with Gasteiger partial charge in [-0.05, 0) is 41.0 Å². The average Bonchev–Trinajstić information content (AvgIpc) is 2.09. The van der Waals surface area contributed by atoms with E-state index >= 15 is 0 Å². The molecule has 1 N–H and O–H groups in total. The number of hydrogen-bond donors (Lipinski definition) is 1. The van der Waals surface area contributed by atoms with Crippen LogP contribution in [0.25, 0.3) is 0 Å². The summed E-state index contributed by atoms with van der Waals surface area (Å²) in [7, 11) is 0. The van der Waals surface area contributed by atoms with Gasteiger partial charge in [0.05, 0.1) is 10.6 Å². The Kier molecular flexibility index (Phi) is 3.87. The van der Waals surface area contributed by atoms with Crippen molar-refractivity contribution in [3.05, 3.63) is 26.3 Å². The molecule has 0 saturated carbocycles. The first kappa shape index (κ1) is 11.1. The maximum Gasteiger partial charge on any atom is 0.337 e. The van der Waals surface area contributed by atoms with E-state index < -0.39 is 5.97 Å². The van der Waals surface area contributed by atoms with Crippen molar-refractivity contribution in [2.75, 3.05) is 6.26 Å². The van der Waals surface area contributed by atoms with Gasteiger partial charge in [0.15, 0.2) is 0 Å². The molecule has 0 unspecified atom stereocenters. The lowest BCUT2D eigenvalue weighted by atomic mass is 10.2. The molecule has 0 aliphatic heterocycles. The lowest BCUT2D eigenvalue weighted by molar-refractivity contribution is 0.0696. The van der Waals surface area contributed by atoms with Gasteiger partial charge in [-0.2, -0.15) is 0 Å². The number of carboxylic acids is 1. The minimum atomic E-state index is -0.987. The van der Waals surface area contributed by atoms with E-state index in [0.717, 1.165) is 8.47 Å². The van der Waals surface area contributed by atoms with Gasteiger partial charge in [-0.1, -0.05) is 11.6 Å². The van der Waals surface area contributed by atoms with Crippen LogP contribution in [-0.4, -0.2) is 17.3 Å². The monoisotopic (exact) mass is 328 g/mol. The highest BCUT2D eigenvalue weighted by Crippen LogP contribution is 2.28. The molecular weight excluding hydrogens is 323 g/mol. The van der Waals surface area contributed by atoms with Crippen LogP contribution >= 0.6 is 46.0 Å². The van der Waals surface area contributed by atoms with E-state index in [9.17, 15) is 4.79 Å². The number of carboxylic acid groups (broad SMARTS) is 1. The van der Waals surface area contributed by atoms with Crippen LogP contribution in [0.15, 0.2) is 17.0 Å². The third kappa shape index (κ3) is 2.51. The lowest BCUT2D eigenvalue weighted by Crippen LogP contribution is -1.99. The average molecular weight is 329 g/mol. The van der Waals surface area contributed by atoms with Gasteiger partial charge in [0.1, 0.15) is 0 Å². The number of halogens is 2. The molecule has 0 saturated heterocycles. The quantitative estimate of drug-likeness (QED) is 0.668. The molecule has 0 fully saturated rings. The summed E-state index contributed by atoms with van der Waals surface area (Å²) in [6, 6.07) is 3.44. The Labute approximate surface area is 98.8 Å². The Morgan fingerprint density at radius 2 is 2.23 bits per heavy atom. The van der Waals surface area contributed by atoms with Crippen LogP contribution in [0, 0.1) is 3.57 Å². The first-order valence-electron chi connectivity index (χ1n) is 3.32. The number of rotatable bonds is 2. The van der Waals surface area contributed by atoms with E-state index in [0.29, 0.717) is 5.02 Å². The van der Waals surface area contributed by atoms with Gasteiger partial charge >= 0.3 is 5.97 Å². The van der Waals surface area contributed by atoms with Crippen molar-refractivity contribution >= 4 is 51.9 Å². The molecular formula is C8H6ClIO2S. The predicted octanol–water partition coefficient (Wildman–Crippen LogP) is 3.36. The van der Waals surface area contributed by atoms with Crippen molar-refractivity contribution in [3.8, 4) is 0 Å². The SMILES string of the molecule is CSc1cc(I)c(Cl)c(C(=O)O)c1. The number of benzene rings is 1. The van der Waals surface area contributed by atoms with Gasteiger partial charge in [0.25, 0.3) is 0 Å². The molecule has 0 aromatic heterocycles. The molecule has 0 aliphatic rings. The van der Waals surface area contributed by atoms with Crippen LogP contribution in [0.5, 0.6) is 0 Å². The molecule has 0 aliphatic carbocycles. The lowest BCUT2D eigenvalue weighted by Gasteiger charge is -2.04. The maximum atomic E-state index is 10.7. The van der Waals surface area contributed by atoms with E-state index in [1.54, 1.807) is 6.07 Å². The van der Waals surface area contributed by atoms with E-state index in [4.69, 9.17) is 16.7 Å². The van der Waals surface area contributed by atoms with Crippen molar-refractivity contribution in [2.45, 2.75) is 4.90 Å². The number of hydrogen-bond acceptors (Lipinski definition) is 2. The normalized spacial score (nSPS) is 10.1. The fraction of sp³-hybridized carbons (Fsp3) is 0.125. The second-order valence-electron chi connectivity index (χ2n) is 2.28. The molecule has 5 heteroatoms. The Hall–Kier alpha value is 0.0600. The third-order valence-corrected chi connectivity index (χ3v) is 3.75. The third-order valence-electron chi connectivity index (χ3n) is 1.47.